The van der Waals surface area contributed by atoms with E-state index in [0.29, 0.717) is 5.92 Å². The summed E-state index contributed by atoms with van der Waals surface area (Å²) in [6.07, 6.45) is 6.31. The molecule has 0 atom stereocenters. The van der Waals surface area contributed by atoms with Crippen molar-refractivity contribution in [2.45, 2.75) is 33.4 Å². The lowest BCUT2D eigenvalue weighted by molar-refractivity contribution is 0.458. The fraction of sp³-hybridized carbons (Fsp3) is 0.500. The number of nitrogens with one attached hydrogen (secondary N) is 1. The maximum absolute atomic E-state index is 4.29. The van der Waals surface area contributed by atoms with E-state index in [1.165, 1.54) is 5.56 Å². The van der Waals surface area contributed by atoms with Gasteiger partial charge in [-0.25, -0.2) is 9.67 Å². The van der Waals surface area contributed by atoms with Crippen LogP contribution in [0, 0.1) is 5.92 Å². The van der Waals surface area contributed by atoms with E-state index in [2.05, 4.69) is 40.3 Å². The van der Waals surface area contributed by atoms with Crippen LogP contribution in [-0.2, 0) is 19.5 Å². The van der Waals surface area contributed by atoms with Crippen LogP contribution >= 0.6 is 0 Å². The molecule has 2 aromatic rings. The predicted octanol–water partition coefficient (Wildman–Crippen LogP) is 1.66. The summed E-state index contributed by atoms with van der Waals surface area (Å²) in [5.41, 5.74) is 1.25. The van der Waals surface area contributed by atoms with Gasteiger partial charge in [-0.15, -0.1) is 0 Å². The van der Waals surface area contributed by atoms with Crippen LogP contribution in [0.4, 0.5) is 0 Å². The Hall–Kier alpha value is -1.75. The highest BCUT2D eigenvalue weighted by atomic mass is 15.3. The van der Waals surface area contributed by atoms with Crippen LogP contribution in [-0.4, -0.2) is 26.3 Å². The number of hydrogen-bond acceptors (Lipinski definition) is 4. The molecule has 1 N–H and O–H groups in total. The van der Waals surface area contributed by atoms with Gasteiger partial charge in [-0.05, 0) is 30.5 Å². The summed E-state index contributed by atoms with van der Waals surface area (Å²) >= 11 is 0. The molecule has 0 amide bonds. The minimum absolute atomic E-state index is 0.579. The number of aromatic nitrogens is 4. The predicted molar refractivity (Wildman–Crippen MR) is 74.5 cm³/mol. The maximum atomic E-state index is 4.29. The van der Waals surface area contributed by atoms with Gasteiger partial charge in [0.25, 0.3) is 0 Å². The summed E-state index contributed by atoms with van der Waals surface area (Å²) in [7, 11) is 0. The molecule has 0 aliphatic heterocycles. The van der Waals surface area contributed by atoms with Gasteiger partial charge >= 0.3 is 0 Å². The Morgan fingerprint density at radius 3 is 3.00 bits per heavy atom. The molecule has 0 aliphatic rings. The smallest absolute Gasteiger partial charge is 0.140 e. The van der Waals surface area contributed by atoms with Crippen LogP contribution in [0.15, 0.2) is 30.9 Å². The van der Waals surface area contributed by atoms with Crippen molar-refractivity contribution < 1.29 is 0 Å². The van der Waals surface area contributed by atoms with Crippen molar-refractivity contribution in [1.29, 1.82) is 0 Å². The van der Waals surface area contributed by atoms with E-state index in [4.69, 9.17) is 0 Å². The third kappa shape index (κ3) is 4.44. The van der Waals surface area contributed by atoms with Gasteiger partial charge in [-0.3, -0.25) is 4.98 Å². The zero-order valence-corrected chi connectivity index (χ0v) is 11.6. The van der Waals surface area contributed by atoms with E-state index in [-0.39, 0.29) is 0 Å². The SMILES string of the molecule is CC(C)Cn1ncnc1CNCCc1cccnc1. The monoisotopic (exact) mass is 259 g/mol. The third-order valence-electron chi connectivity index (χ3n) is 2.83. The average molecular weight is 259 g/mol. The molecule has 0 aliphatic carbocycles. The minimum atomic E-state index is 0.579. The first-order valence-electron chi connectivity index (χ1n) is 6.72. The molecule has 2 rings (SSSR count). The van der Waals surface area contributed by atoms with Crippen LogP contribution in [0.25, 0.3) is 0 Å². The van der Waals surface area contributed by atoms with Gasteiger partial charge in [0, 0.05) is 18.9 Å². The Morgan fingerprint density at radius 2 is 2.26 bits per heavy atom. The summed E-state index contributed by atoms with van der Waals surface area (Å²) in [6, 6.07) is 4.06. The Bertz CT molecular complexity index is 478. The molecule has 0 saturated carbocycles. The van der Waals surface area contributed by atoms with Gasteiger partial charge in [-0.2, -0.15) is 5.10 Å². The van der Waals surface area contributed by atoms with Crippen molar-refractivity contribution in [3.8, 4) is 0 Å². The average Bonchev–Trinajstić information content (AvgIpc) is 2.82. The Kier molecular flexibility index (Phi) is 5.03. The topological polar surface area (TPSA) is 55.6 Å². The second kappa shape index (κ2) is 6.99. The summed E-state index contributed by atoms with van der Waals surface area (Å²) < 4.78 is 1.97. The number of nitrogens with zero attached hydrogens (tertiary/aromatic N) is 4. The standard InChI is InChI=1S/C14H21N5/c1-12(2)10-19-14(17-11-18-19)9-16-7-5-13-4-3-6-15-8-13/h3-4,6,8,11-12,16H,5,7,9-10H2,1-2H3. The summed E-state index contributed by atoms with van der Waals surface area (Å²) in [6.45, 7) is 6.95. The molecule has 0 fully saturated rings. The molecule has 5 nitrogen and oxygen atoms in total. The highest BCUT2D eigenvalue weighted by Gasteiger charge is 2.05. The Morgan fingerprint density at radius 1 is 1.37 bits per heavy atom. The minimum Gasteiger partial charge on any atom is -0.310 e. The van der Waals surface area contributed by atoms with E-state index < -0.39 is 0 Å². The first-order valence-corrected chi connectivity index (χ1v) is 6.72. The molecule has 0 saturated heterocycles. The van der Waals surface area contributed by atoms with Crippen molar-refractivity contribution in [3.05, 3.63) is 42.2 Å². The van der Waals surface area contributed by atoms with E-state index in [1.807, 2.05) is 16.9 Å². The van der Waals surface area contributed by atoms with Gasteiger partial charge < -0.3 is 5.32 Å². The van der Waals surface area contributed by atoms with E-state index in [0.717, 1.165) is 31.9 Å². The van der Waals surface area contributed by atoms with Crippen molar-refractivity contribution in [2.75, 3.05) is 6.54 Å². The molecule has 0 bridgehead atoms. The maximum Gasteiger partial charge on any atom is 0.140 e. The van der Waals surface area contributed by atoms with Gasteiger partial charge in [0.05, 0.1) is 6.54 Å². The Balaban J connectivity index is 1.75. The summed E-state index contributed by atoms with van der Waals surface area (Å²) in [5.74, 6) is 1.58. The van der Waals surface area contributed by atoms with Crippen molar-refractivity contribution in [2.24, 2.45) is 5.92 Å². The highest BCUT2D eigenvalue weighted by Crippen LogP contribution is 2.01. The van der Waals surface area contributed by atoms with Crippen LogP contribution < -0.4 is 5.32 Å². The molecule has 0 aromatic carbocycles. The molecule has 0 spiro atoms. The van der Waals surface area contributed by atoms with E-state index in [9.17, 15) is 0 Å². The van der Waals surface area contributed by atoms with Crippen LogP contribution in [0.1, 0.15) is 25.2 Å². The van der Waals surface area contributed by atoms with E-state index >= 15 is 0 Å². The van der Waals surface area contributed by atoms with Crippen LogP contribution in [0.3, 0.4) is 0 Å². The molecular weight excluding hydrogens is 238 g/mol. The largest absolute Gasteiger partial charge is 0.310 e. The number of pyridine rings is 1. The zero-order valence-electron chi connectivity index (χ0n) is 11.6. The first kappa shape index (κ1) is 13.7. The summed E-state index contributed by atoms with van der Waals surface area (Å²) in [5, 5.41) is 7.65. The van der Waals surface area contributed by atoms with Crippen LogP contribution in [0.5, 0.6) is 0 Å². The van der Waals surface area contributed by atoms with Crippen molar-refractivity contribution in [1.82, 2.24) is 25.1 Å². The lowest BCUT2D eigenvalue weighted by Gasteiger charge is -2.09. The Labute approximate surface area is 114 Å². The molecule has 5 heteroatoms. The lowest BCUT2D eigenvalue weighted by Crippen LogP contribution is -2.21. The molecule has 0 radical (unpaired) electrons. The van der Waals surface area contributed by atoms with E-state index in [1.54, 1.807) is 12.5 Å². The van der Waals surface area contributed by atoms with Gasteiger partial charge in [0.15, 0.2) is 0 Å². The molecule has 19 heavy (non-hydrogen) atoms. The highest BCUT2D eigenvalue weighted by molar-refractivity contribution is 5.08. The van der Waals surface area contributed by atoms with Crippen molar-refractivity contribution >= 4 is 0 Å². The van der Waals surface area contributed by atoms with Gasteiger partial charge in [-0.1, -0.05) is 19.9 Å². The molecule has 102 valence electrons. The fourth-order valence-corrected chi connectivity index (χ4v) is 1.90. The molecule has 0 unspecified atom stereocenters. The number of rotatable bonds is 7. The second-order valence-electron chi connectivity index (χ2n) is 5.04. The van der Waals surface area contributed by atoms with Crippen LogP contribution in [0.2, 0.25) is 0 Å². The zero-order chi connectivity index (χ0) is 13.5. The van der Waals surface area contributed by atoms with Gasteiger partial charge in [0.1, 0.15) is 12.2 Å². The molecular formula is C14H21N5. The lowest BCUT2D eigenvalue weighted by atomic mass is 10.2. The molecule has 2 aromatic heterocycles. The molecule has 2 heterocycles. The first-order chi connectivity index (χ1) is 9.25. The normalized spacial score (nSPS) is 11.1. The third-order valence-corrected chi connectivity index (χ3v) is 2.83. The second-order valence-corrected chi connectivity index (χ2v) is 5.04. The fourth-order valence-electron chi connectivity index (χ4n) is 1.90. The quantitative estimate of drug-likeness (QED) is 0.768. The summed E-state index contributed by atoms with van der Waals surface area (Å²) in [4.78, 5) is 8.40. The number of hydrogen-bond donors (Lipinski definition) is 1. The van der Waals surface area contributed by atoms with Gasteiger partial charge in [0.2, 0.25) is 0 Å². The van der Waals surface area contributed by atoms with Crippen molar-refractivity contribution in [3.63, 3.8) is 0 Å².